The lowest BCUT2D eigenvalue weighted by atomic mass is 10.0. The van der Waals surface area contributed by atoms with E-state index >= 15 is 0 Å². The molecule has 5 aliphatic carbocycles. The second kappa shape index (κ2) is 0.672. The molecule has 0 saturated heterocycles. The summed E-state index contributed by atoms with van der Waals surface area (Å²) in [6, 6.07) is 0. The minimum absolute atomic E-state index is 0.113. The average Bonchev–Trinajstić information content (AvgIpc) is 2.38. The van der Waals surface area contributed by atoms with Crippen molar-refractivity contribution in [2.75, 3.05) is 0 Å². The molecule has 0 aliphatic heterocycles. The highest BCUT2D eigenvalue weighted by Gasteiger charge is 2.97. The molecule has 5 rings (SSSR count). The van der Waals surface area contributed by atoms with Gasteiger partial charge in [0.25, 0.3) is 0 Å². The molecule has 1 N–H and O–H groups in total. The normalized spacial score (nSPS) is 94.0. The zero-order valence-corrected chi connectivity index (χ0v) is 5.41. The Hall–Kier alpha value is -0.0400. The average molecular weight is 122 g/mol. The highest BCUT2D eigenvalue weighted by atomic mass is 16.3. The van der Waals surface area contributed by atoms with E-state index in [1.165, 1.54) is 0 Å². The molecular formula is C8H10O. The number of rotatable bonds is 0. The molecule has 0 amide bonds. The van der Waals surface area contributed by atoms with Gasteiger partial charge in [0.15, 0.2) is 0 Å². The van der Waals surface area contributed by atoms with Crippen LogP contribution in [0.1, 0.15) is 6.92 Å². The summed E-state index contributed by atoms with van der Waals surface area (Å²) in [4.78, 5) is 0. The van der Waals surface area contributed by atoms with Crippen molar-refractivity contribution in [2.24, 2.45) is 35.0 Å². The first-order valence-corrected chi connectivity index (χ1v) is 3.96. The van der Waals surface area contributed by atoms with E-state index in [0.29, 0.717) is 5.41 Å². The summed E-state index contributed by atoms with van der Waals surface area (Å²) >= 11 is 0. The first kappa shape index (κ1) is 3.97. The third-order valence-corrected chi connectivity index (χ3v) is 4.74. The molecule has 5 aliphatic rings. The van der Waals surface area contributed by atoms with E-state index in [1.54, 1.807) is 0 Å². The van der Waals surface area contributed by atoms with E-state index in [4.69, 9.17) is 0 Å². The first-order chi connectivity index (χ1) is 4.28. The molecule has 5 saturated carbocycles. The summed E-state index contributed by atoms with van der Waals surface area (Å²) < 4.78 is 0. The number of hydrogen-bond donors (Lipinski definition) is 1. The van der Waals surface area contributed by atoms with Crippen LogP contribution in [0.5, 0.6) is 0 Å². The van der Waals surface area contributed by atoms with Gasteiger partial charge in [-0.25, -0.2) is 0 Å². The van der Waals surface area contributed by atoms with Gasteiger partial charge in [-0.3, -0.25) is 0 Å². The van der Waals surface area contributed by atoms with Crippen LogP contribution in [0, 0.1) is 35.0 Å². The molecule has 0 aromatic heterocycles. The fraction of sp³-hybridized carbons (Fsp3) is 1.00. The van der Waals surface area contributed by atoms with Crippen molar-refractivity contribution in [3.8, 4) is 0 Å². The molecule has 48 valence electrons. The zero-order valence-electron chi connectivity index (χ0n) is 5.41. The Kier molecular flexibility index (Phi) is 0.296. The van der Waals surface area contributed by atoms with Gasteiger partial charge in [0.2, 0.25) is 0 Å². The molecule has 9 heavy (non-hydrogen) atoms. The minimum Gasteiger partial charge on any atom is -0.392 e. The Morgan fingerprint density at radius 3 is 1.78 bits per heavy atom. The van der Waals surface area contributed by atoms with Gasteiger partial charge >= 0.3 is 0 Å². The van der Waals surface area contributed by atoms with Crippen LogP contribution in [0.3, 0.4) is 0 Å². The fourth-order valence-corrected chi connectivity index (χ4v) is 4.34. The maximum Gasteiger partial charge on any atom is 0.0633 e. The molecule has 5 unspecified atom stereocenters. The summed E-state index contributed by atoms with van der Waals surface area (Å²) in [5.41, 5.74) is 0.444. The molecule has 0 aromatic carbocycles. The van der Waals surface area contributed by atoms with Crippen molar-refractivity contribution in [3.63, 3.8) is 0 Å². The second-order valence-corrected chi connectivity index (χ2v) is 4.59. The Bertz CT molecular complexity index is 203. The molecule has 1 nitrogen and oxygen atoms in total. The van der Waals surface area contributed by atoms with Gasteiger partial charge in [-0.2, -0.15) is 0 Å². The van der Waals surface area contributed by atoms with E-state index in [1.807, 2.05) is 0 Å². The lowest BCUT2D eigenvalue weighted by Gasteiger charge is -2.09. The highest BCUT2D eigenvalue weighted by molar-refractivity contribution is 5.43. The molecule has 0 spiro atoms. The highest BCUT2D eigenvalue weighted by Crippen LogP contribution is 2.97. The standard InChI is InChI=1S/C8H10O/c1-8-5-2-3(6(5)8)4(2)7(8)9/h2-7,9H,1H3. The topological polar surface area (TPSA) is 20.2 Å². The molecule has 0 aromatic rings. The Balaban J connectivity index is 2.04. The Labute approximate surface area is 54.1 Å². The minimum atomic E-state index is 0.113. The van der Waals surface area contributed by atoms with Crippen LogP contribution >= 0.6 is 0 Å². The van der Waals surface area contributed by atoms with Crippen LogP contribution in [-0.4, -0.2) is 11.2 Å². The second-order valence-electron chi connectivity index (χ2n) is 4.59. The van der Waals surface area contributed by atoms with Gasteiger partial charge in [0, 0.05) is 5.41 Å². The van der Waals surface area contributed by atoms with Crippen LogP contribution in [0.4, 0.5) is 0 Å². The maximum absolute atomic E-state index is 9.63. The van der Waals surface area contributed by atoms with Crippen molar-refractivity contribution >= 4 is 0 Å². The molecule has 5 fully saturated rings. The maximum atomic E-state index is 9.63. The summed E-state index contributed by atoms with van der Waals surface area (Å²) in [5, 5.41) is 9.63. The fourth-order valence-electron chi connectivity index (χ4n) is 4.34. The zero-order chi connectivity index (χ0) is 5.96. The predicted octanol–water partition coefficient (Wildman–Crippen LogP) is 0.489. The van der Waals surface area contributed by atoms with E-state index in [2.05, 4.69) is 6.92 Å². The predicted molar refractivity (Wildman–Crippen MR) is 31.6 cm³/mol. The Morgan fingerprint density at radius 2 is 1.67 bits per heavy atom. The Morgan fingerprint density at radius 1 is 1.11 bits per heavy atom. The van der Waals surface area contributed by atoms with Crippen LogP contribution in [-0.2, 0) is 0 Å². The lowest BCUT2D eigenvalue weighted by molar-refractivity contribution is 0.106. The third kappa shape index (κ3) is 0.161. The quantitative estimate of drug-likeness (QED) is 0.495. The largest absolute Gasteiger partial charge is 0.392 e. The summed E-state index contributed by atoms with van der Waals surface area (Å²) in [5.74, 6) is 4.78. The SMILES string of the molecule is CC12C(O)C3C4C3C1C42. The smallest absolute Gasteiger partial charge is 0.0633 e. The van der Waals surface area contributed by atoms with Crippen molar-refractivity contribution < 1.29 is 5.11 Å². The van der Waals surface area contributed by atoms with Crippen molar-refractivity contribution in [1.82, 2.24) is 0 Å². The van der Waals surface area contributed by atoms with Crippen molar-refractivity contribution in [3.05, 3.63) is 0 Å². The van der Waals surface area contributed by atoms with Gasteiger partial charge in [0.05, 0.1) is 6.10 Å². The molecule has 0 radical (unpaired) electrons. The monoisotopic (exact) mass is 122 g/mol. The lowest BCUT2D eigenvalue weighted by Crippen LogP contribution is -2.16. The number of aliphatic hydroxyl groups is 1. The van der Waals surface area contributed by atoms with Crippen LogP contribution < -0.4 is 0 Å². The molecule has 0 heterocycles. The van der Waals surface area contributed by atoms with Gasteiger partial charge in [0.1, 0.15) is 0 Å². The molecule has 1 heteroatoms. The van der Waals surface area contributed by atoms with Crippen LogP contribution in [0.25, 0.3) is 0 Å². The van der Waals surface area contributed by atoms with E-state index < -0.39 is 0 Å². The molecular weight excluding hydrogens is 112 g/mol. The number of hydrogen-bond acceptors (Lipinski definition) is 1. The van der Waals surface area contributed by atoms with E-state index in [0.717, 1.165) is 29.6 Å². The van der Waals surface area contributed by atoms with Gasteiger partial charge in [-0.15, -0.1) is 0 Å². The molecule has 5 atom stereocenters. The van der Waals surface area contributed by atoms with E-state index in [9.17, 15) is 5.11 Å². The van der Waals surface area contributed by atoms with Gasteiger partial charge < -0.3 is 5.11 Å². The van der Waals surface area contributed by atoms with E-state index in [-0.39, 0.29) is 6.10 Å². The van der Waals surface area contributed by atoms with Crippen molar-refractivity contribution in [1.29, 1.82) is 0 Å². The van der Waals surface area contributed by atoms with Crippen LogP contribution in [0.15, 0.2) is 0 Å². The first-order valence-electron chi connectivity index (χ1n) is 3.96. The van der Waals surface area contributed by atoms with Crippen LogP contribution in [0.2, 0.25) is 0 Å². The number of aliphatic hydroxyl groups excluding tert-OH is 1. The third-order valence-electron chi connectivity index (χ3n) is 4.74. The summed E-state index contributed by atoms with van der Waals surface area (Å²) in [6.07, 6.45) is 0.113. The summed E-state index contributed by atoms with van der Waals surface area (Å²) in [6.45, 7) is 2.28. The van der Waals surface area contributed by atoms with Gasteiger partial charge in [-0.1, -0.05) is 6.92 Å². The van der Waals surface area contributed by atoms with Crippen molar-refractivity contribution in [2.45, 2.75) is 13.0 Å². The summed E-state index contributed by atoms with van der Waals surface area (Å²) in [7, 11) is 0. The van der Waals surface area contributed by atoms with Gasteiger partial charge in [-0.05, 0) is 29.6 Å². The molecule has 2 bridgehead atoms.